The molecule has 0 atom stereocenters. The number of guanidine groups is 1. The number of hydrogen-bond donors (Lipinski definition) is 3. The van der Waals surface area contributed by atoms with Crippen LogP contribution >= 0.6 is 0 Å². The highest BCUT2D eigenvalue weighted by Gasteiger charge is 2.10. The van der Waals surface area contributed by atoms with Gasteiger partial charge in [-0.15, -0.1) is 0 Å². The minimum Gasteiger partial charge on any atom is -0.356 e. The Morgan fingerprint density at radius 3 is 2.39 bits per heavy atom. The molecule has 0 radical (unpaired) electrons. The van der Waals surface area contributed by atoms with Crippen molar-refractivity contribution in [3.63, 3.8) is 0 Å². The van der Waals surface area contributed by atoms with Gasteiger partial charge in [0.15, 0.2) is 5.96 Å². The Morgan fingerprint density at radius 1 is 1.13 bits per heavy atom. The first-order valence-electron chi connectivity index (χ1n) is 7.88. The van der Waals surface area contributed by atoms with E-state index in [2.05, 4.69) is 34.2 Å². The standard InChI is InChI=1S/C16H28N4O2S/c1-14(2)9-10-18-16(17-3)19-11-12-23(21,22)20-13-15-7-5-4-6-8-15/h4-8,14,20H,9-13H2,1-3H3,(H2,17,18,19). The van der Waals surface area contributed by atoms with Crippen molar-refractivity contribution < 1.29 is 8.42 Å². The van der Waals surface area contributed by atoms with Gasteiger partial charge in [-0.3, -0.25) is 4.99 Å². The van der Waals surface area contributed by atoms with Crippen LogP contribution in [0.1, 0.15) is 25.8 Å². The van der Waals surface area contributed by atoms with E-state index in [1.54, 1.807) is 7.05 Å². The van der Waals surface area contributed by atoms with E-state index in [9.17, 15) is 8.42 Å². The fourth-order valence-electron chi connectivity index (χ4n) is 1.86. The fraction of sp³-hybridized carbons (Fsp3) is 0.562. The molecule has 0 aliphatic heterocycles. The maximum absolute atomic E-state index is 12.0. The van der Waals surface area contributed by atoms with Crippen LogP contribution in [0.15, 0.2) is 35.3 Å². The van der Waals surface area contributed by atoms with Crippen molar-refractivity contribution in [3.8, 4) is 0 Å². The Labute approximate surface area is 139 Å². The lowest BCUT2D eigenvalue weighted by Crippen LogP contribution is -2.41. The normalized spacial score (nSPS) is 12.4. The maximum Gasteiger partial charge on any atom is 0.213 e. The number of nitrogens with zero attached hydrogens (tertiary/aromatic N) is 1. The van der Waals surface area contributed by atoms with Crippen molar-refractivity contribution in [3.05, 3.63) is 35.9 Å². The summed E-state index contributed by atoms with van der Waals surface area (Å²) >= 11 is 0. The van der Waals surface area contributed by atoms with Gasteiger partial charge in [-0.2, -0.15) is 0 Å². The lowest BCUT2D eigenvalue weighted by molar-refractivity contribution is 0.572. The minimum atomic E-state index is -3.31. The summed E-state index contributed by atoms with van der Waals surface area (Å²) in [7, 11) is -1.64. The second-order valence-corrected chi connectivity index (χ2v) is 7.66. The van der Waals surface area contributed by atoms with Crippen LogP contribution in [-0.2, 0) is 16.6 Å². The van der Waals surface area contributed by atoms with Gasteiger partial charge in [0.1, 0.15) is 0 Å². The van der Waals surface area contributed by atoms with Crippen molar-refractivity contribution in [1.29, 1.82) is 0 Å². The van der Waals surface area contributed by atoms with E-state index in [0.717, 1.165) is 18.5 Å². The van der Waals surface area contributed by atoms with Gasteiger partial charge < -0.3 is 10.6 Å². The molecule has 6 nitrogen and oxygen atoms in total. The molecule has 1 aromatic rings. The number of aliphatic imine (C=N–C) groups is 1. The molecule has 0 heterocycles. The third-order valence-electron chi connectivity index (χ3n) is 3.24. The second kappa shape index (κ2) is 10.2. The van der Waals surface area contributed by atoms with E-state index in [4.69, 9.17) is 0 Å². The first-order chi connectivity index (χ1) is 10.9. The van der Waals surface area contributed by atoms with Crippen LogP contribution < -0.4 is 15.4 Å². The van der Waals surface area contributed by atoms with Gasteiger partial charge in [0.25, 0.3) is 0 Å². The van der Waals surface area contributed by atoms with Crippen molar-refractivity contribution in [2.75, 3.05) is 25.9 Å². The molecule has 0 saturated carbocycles. The minimum absolute atomic E-state index is 0.00468. The summed E-state index contributed by atoms with van der Waals surface area (Å²) in [5.41, 5.74) is 0.940. The molecule has 1 rings (SSSR count). The van der Waals surface area contributed by atoms with Gasteiger partial charge in [-0.1, -0.05) is 44.2 Å². The molecule has 0 spiro atoms. The van der Waals surface area contributed by atoms with Crippen LogP contribution in [0.2, 0.25) is 0 Å². The highest BCUT2D eigenvalue weighted by atomic mass is 32.2. The molecule has 0 fully saturated rings. The van der Waals surface area contributed by atoms with Crippen molar-refractivity contribution in [1.82, 2.24) is 15.4 Å². The highest BCUT2D eigenvalue weighted by molar-refractivity contribution is 7.89. The molecule has 23 heavy (non-hydrogen) atoms. The largest absolute Gasteiger partial charge is 0.356 e. The number of benzene rings is 1. The molecule has 0 saturated heterocycles. The third-order valence-corrected chi connectivity index (χ3v) is 4.57. The Morgan fingerprint density at radius 2 is 1.78 bits per heavy atom. The van der Waals surface area contributed by atoms with E-state index >= 15 is 0 Å². The summed E-state index contributed by atoms with van der Waals surface area (Å²) in [6.45, 7) is 5.75. The molecule has 0 amide bonds. The summed E-state index contributed by atoms with van der Waals surface area (Å²) in [4.78, 5) is 4.08. The number of nitrogens with one attached hydrogen (secondary N) is 3. The highest BCUT2D eigenvalue weighted by Crippen LogP contribution is 1.98. The predicted molar refractivity (Wildman–Crippen MR) is 95.9 cm³/mol. The Bertz CT molecular complexity index is 571. The van der Waals surface area contributed by atoms with Crippen LogP contribution in [0.25, 0.3) is 0 Å². The molecule has 0 bridgehead atoms. The van der Waals surface area contributed by atoms with Crippen LogP contribution in [0.3, 0.4) is 0 Å². The summed E-state index contributed by atoms with van der Waals surface area (Å²) in [5.74, 6) is 1.25. The topological polar surface area (TPSA) is 82.6 Å². The van der Waals surface area contributed by atoms with Crippen LogP contribution in [0, 0.1) is 5.92 Å². The number of hydrogen-bond acceptors (Lipinski definition) is 3. The van der Waals surface area contributed by atoms with Crippen LogP contribution in [0.4, 0.5) is 0 Å². The first kappa shape index (κ1) is 19.4. The maximum atomic E-state index is 12.0. The average molecular weight is 340 g/mol. The monoisotopic (exact) mass is 340 g/mol. The zero-order chi connectivity index (χ0) is 17.1. The lowest BCUT2D eigenvalue weighted by Gasteiger charge is -2.13. The van der Waals surface area contributed by atoms with E-state index in [0.29, 0.717) is 25.0 Å². The SMILES string of the molecule is CN=C(NCCC(C)C)NCCS(=O)(=O)NCc1ccccc1. The average Bonchev–Trinajstić information content (AvgIpc) is 2.52. The van der Waals surface area contributed by atoms with Crippen molar-refractivity contribution >= 4 is 16.0 Å². The van der Waals surface area contributed by atoms with Gasteiger partial charge in [0.05, 0.1) is 5.75 Å². The van der Waals surface area contributed by atoms with Crippen molar-refractivity contribution in [2.45, 2.75) is 26.8 Å². The van der Waals surface area contributed by atoms with E-state index in [-0.39, 0.29) is 5.75 Å². The molecular weight excluding hydrogens is 312 g/mol. The van der Waals surface area contributed by atoms with Gasteiger partial charge in [-0.25, -0.2) is 13.1 Å². The smallest absolute Gasteiger partial charge is 0.213 e. The van der Waals surface area contributed by atoms with Gasteiger partial charge >= 0.3 is 0 Å². The molecule has 3 N–H and O–H groups in total. The van der Waals surface area contributed by atoms with E-state index in [1.807, 2.05) is 30.3 Å². The summed E-state index contributed by atoms with van der Waals surface area (Å²) in [5, 5.41) is 6.19. The quantitative estimate of drug-likeness (QED) is 0.468. The molecule has 0 aromatic heterocycles. The fourth-order valence-corrected chi connectivity index (χ4v) is 2.77. The molecule has 130 valence electrons. The molecule has 0 unspecified atom stereocenters. The summed E-state index contributed by atoms with van der Waals surface area (Å²) in [6, 6.07) is 9.46. The van der Waals surface area contributed by atoms with Crippen LogP contribution in [0.5, 0.6) is 0 Å². The molecular formula is C16H28N4O2S. The Balaban J connectivity index is 2.29. The van der Waals surface area contributed by atoms with Gasteiger partial charge in [0.2, 0.25) is 10.0 Å². The summed E-state index contributed by atoms with van der Waals surface area (Å²) < 4.78 is 26.5. The predicted octanol–water partition coefficient (Wildman–Crippen LogP) is 1.32. The van der Waals surface area contributed by atoms with E-state index < -0.39 is 10.0 Å². The lowest BCUT2D eigenvalue weighted by atomic mass is 10.1. The van der Waals surface area contributed by atoms with Gasteiger partial charge in [0, 0.05) is 26.7 Å². The van der Waals surface area contributed by atoms with Crippen LogP contribution in [-0.4, -0.2) is 40.3 Å². The number of rotatable bonds is 9. The zero-order valence-corrected chi connectivity index (χ0v) is 15.0. The van der Waals surface area contributed by atoms with E-state index in [1.165, 1.54) is 0 Å². The van der Waals surface area contributed by atoms with Gasteiger partial charge in [-0.05, 0) is 17.9 Å². The number of sulfonamides is 1. The molecule has 0 aliphatic carbocycles. The third kappa shape index (κ3) is 9.20. The Kier molecular flexibility index (Phi) is 8.65. The Hall–Kier alpha value is -1.60. The molecule has 0 aliphatic rings. The molecule has 7 heteroatoms. The zero-order valence-electron chi connectivity index (χ0n) is 14.2. The first-order valence-corrected chi connectivity index (χ1v) is 9.54. The van der Waals surface area contributed by atoms with Crippen molar-refractivity contribution in [2.24, 2.45) is 10.9 Å². The molecule has 1 aromatic carbocycles. The summed E-state index contributed by atoms with van der Waals surface area (Å²) in [6.07, 6.45) is 1.04. The second-order valence-electron chi connectivity index (χ2n) is 5.73.